The van der Waals surface area contributed by atoms with E-state index in [2.05, 4.69) is 5.32 Å². The summed E-state index contributed by atoms with van der Waals surface area (Å²) in [5.74, 6) is -0.578. The van der Waals surface area contributed by atoms with Crippen molar-refractivity contribution in [3.05, 3.63) is 72.4 Å². The summed E-state index contributed by atoms with van der Waals surface area (Å²) in [5, 5.41) is 7.67. The van der Waals surface area contributed by atoms with Crippen molar-refractivity contribution >= 4 is 17.8 Å². The number of para-hydroxylation sites is 1. The Morgan fingerprint density at radius 1 is 1.06 bits per heavy atom. The van der Waals surface area contributed by atoms with Crippen LogP contribution in [0.15, 0.2) is 66.9 Å². The Hall–Kier alpha value is -3.94. The second-order valence-electron chi connectivity index (χ2n) is 9.41. The Balaban J connectivity index is 1.39. The van der Waals surface area contributed by atoms with Gasteiger partial charge in [0.15, 0.2) is 0 Å². The Kier molecular flexibility index (Phi) is 5.88. The van der Waals surface area contributed by atoms with Crippen molar-refractivity contribution < 1.29 is 14.4 Å². The van der Waals surface area contributed by atoms with Crippen molar-refractivity contribution in [1.82, 2.24) is 24.9 Å². The zero-order valence-electron chi connectivity index (χ0n) is 20.0. The van der Waals surface area contributed by atoms with Crippen LogP contribution >= 0.6 is 0 Å². The molecule has 4 amide bonds. The maximum Gasteiger partial charge on any atom is 0.325 e. The third kappa shape index (κ3) is 4.09. The Labute approximate surface area is 204 Å². The van der Waals surface area contributed by atoms with Gasteiger partial charge in [0, 0.05) is 30.9 Å². The number of nitrogens with one attached hydrogen (secondary N) is 1. The van der Waals surface area contributed by atoms with Gasteiger partial charge in [0.25, 0.3) is 5.91 Å². The lowest BCUT2D eigenvalue weighted by molar-refractivity contribution is -0.142. The fraction of sp³-hybridized carbons (Fsp3) is 0.333. The van der Waals surface area contributed by atoms with Crippen LogP contribution in [0.5, 0.6) is 0 Å². The highest BCUT2D eigenvalue weighted by atomic mass is 16.2. The number of rotatable bonds is 6. The lowest BCUT2D eigenvalue weighted by Crippen LogP contribution is -2.50. The van der Waals surface area contributed by atoms with E-state index in [1.54, 1.807) is 23.6 Å². The Bertz CT molecular complexity index is 1250. The van der Waals surface area contributed by atoms with Crippen LogP contribution in [0.1, 0.15) is 38.2 Å². The topological polar surface area (TPSA) is 87.5 Å². The maximum absolute atomic E-state index is 13.4. The van der Waals surface area contributed by atoms with Crippen LogP contribution in [0, 0.1) is 0 Å². The summed E-state index contributed by atoms with van der Waals surface area (Å²) in [4.78, 5) is 41.9. The molecule has 8 nitrogen and oxygen atoms in total. The first-order valence-electron chi connectivity index (χ1n) is 12.0. The highest BCUT2D eigenvalue weighted by molar-refractivity contribution is 6.09. The SMILES string of the molecule is CC(C(=O)N(C)Cc1cn(-c2ccccc2)nc1-c1ccccc1)N1C(=O)NC2(CCCC2)C1=O. The number of aromatic nitrogens is 2. The monoisotopic (exact) mass is 471 g/mol. The van der Waals surface area contributed by atoms with Gasteiger partial charge >= 0.3 is 6.03 Å². The van der Waals surface area contributed by atoms with E-state index in [1.165, 1.54) is 0 Å². The summed E-state index contributed by atoms with van der Waals surface area (Å²) < 4.78 is 1.81. The molecule has 1 N–H and O–H groups in total. The van der Waals surface area contributed by atoms with Gasteiger partial charge in [-0.2, -0.15) is 5.10 Å². The molecule has 2 aliphatic rings. The number of hydrogen-bond acceptors (Lipinski definition) is 4. The van der Waals surface area contributed by atoms with Crippen LogP contribution in [0.25, 0.3) is 16.9 Å². The summed E-state index contributed by atoms with van der Waals surface area (Å²) in [7, 11) is 1.69. The molecule has 1 saturated heterocycles. The standard InChI is InChI=1S/C27H29N5O3/c1-19(32-25(34)27(28-26(32)35)15-9-10-16-27)24(33)30(2)17-21-18-31(22-13-7-4-8-14-22)29-23(21)20-11-5-3-6-12-20/h3-8,11-14,18-19H,9-10,15-17H2,1-2H3,(H,28,35). The molecule has 3 aromatic rings. The van der Waals surface area contributed by atoms with E-state index >= 15 is 0 Å². The van der Waals surface area contributed by atoms with E-state index in [4.69, 9.17) is 5.10 Å². The minimum absolute atomic E-state index is 0.281. The van der Waals surface area contributed by atoms with Gasteiger partial charge in [-0.1, -0.05) is 61.4 Å². The van der Waals surface area contributed by atoms with E-state index in [1.807, 2.05) is 66.9 Å². The number of hydrogen-bond donors (Lipinski definition) is 1. The molecule has 180 valence electrons. The molecule has 5 rings (SSSR count). The summed E-state index contributed by atoms with van der Waals surface area (Å²) in [6, 6.07) is 18.2. The molecule has 1 unspecified atom stereocenters. The normalized spacial score (nSPS) is 17.6. The Morgan fingerprint density at radius 2 is 1.69 bits per heavy atom. The van der Waals surface area contributed by atoms with Gasteiger partial charge in [-0.3, -0.25) is 9.59 Å². The Morgan fingerprint density at radius 3 is 2.34 bits per heavy atom. The second-order valence-corrected chi connectivity index (χ2v) is 9.41. The van der Waals surface area contributed by atoms with Crippen molar-refractivity contribution in [2.45, 2.75) is 50.7 Å². The largest absolute Gasteiger partial charge is 0.339 e. The third-order valence-corrected chi connectivity index (χ3v) is 7.04. The molecule has 1 aliphatic carbocycles. The van der Waals surface area contributed by atoms with Gasteiger partial charge in [-0.05, 0) is 31.9 Å². The van der Waals surface area contributed by atoms with Gasteiger partial charge in [-0.25, -0.2) is 14.4 Å². The van der Waals surface area contributed by atoms with Crippen molar-refractivity contribution in [1.29, 1.82) is 0 Å². The summed E-state index contributed by atoms with van der Waals surface area (Å²) in [6.07, 6.45) is 4.98. The van der Waals surface area contributed by atoms with Gasteiger partial charge in [0.2, 0.25) is 5.91 Å². The van der Waals surface area contributed by atoms with Crippen molar-refractivity contribution in [3.63, 3.8) is 0 Å². The molecule has 0 bridgehead atoms. The fourth-order valence-electron chi connectivity index (χ4n) is 5.15. The number of likely N-dealkylation sites (N-methyl/N-ethyl adjacent to an activating group) is 1. The third-order valence-electron chi connectivity index (χ3n) is 7.04. The van der Waals surface area contributed by atoms with E-state index in [0.717, 1.165) is 40.2 Å². The first kappa shape index (κ1) is 22.8. The van der Waals surface area contributed by atoms with Crippen LogP contribution in [0.3, 0.4) is 0 Å². The van der Waals surface area contributed by atoms with Crippen LogP contribution < -0.4 is 5.32 Å². The number of amides is 4. The summed E-state index contributed by atoms with van der Waals surface area (Å²) >= 11 is 0. The minimum atomic E-state index is -0.892. The lowest BCUT2D eigenvalue weighted by Gasteiger charge is -2.27. The van der Waals surface area contributed by atoms with Crippen LogP contribution in [0.4, 0.5) is 4.79 Å². The summed E-state index contributed by atoms with van der Waals surface area (Å²) in [5.41, 5.74) is 2.68. The first-order valence-corrected chi connectivity index (χ1v) is 12.0. The van der Waals surface area contributed by atoms with Crippen molar-refractivity contribution in [2.75, 3.05) is 7.05 Å². The average Bonchev–Trinajstić information content (AvgIpc) is 3.58. The zero-order chi connectivity index (χ0) is 24.6. The quantitative estimate of drug-likeness (QED) is 0.555. The predicted molar refractivity (Wildman–Crippen MR) is 132 cm³/mol. The molecule has 1 aromatic heterocycles. The van der Waals surface area contributed by atoms with Gasteiger partial charge in [-0.15, -0.1) is 0 Å². The smallest absolute Gasteiger partial charge is 0.325 e. The van der Waals surface area contributed by atoms with E-state index in [-0.39, 0.29) is 18.4 Å². The molecule has 2 heterocycles. The predicted octanol–water partition coefficient (Wildman–Crippen LogP) is 3.75. The van der Waals surface area contributed by atoms with Gasteiger partial charge < -0.3 is 10.2 Å². The fourth-order valence-corrected chi connectivity index (χ4v) is 5.15. The van der Waals surface area contributed by atoms with E-state index in [9.17, 15) is 14.4 Å². The highest BCUT2D eigenvalue weighted by Gasteiger charge is 2.54. The zero-order valence-corrected chi connectivity index (χ0v) is 20.0. The lowest BCUT2D eigenvalue weighted by atomic mass is 9.97. The molecule has 35 heavy (non-hydrogen) atoms. The number of imide groups is 1. The number of nitrogens with zero attached hydrogens (tertiary/aromatic N) is 4. The van der Waals surface area contributed by atoms with Crippen LogP contribution in [-0.2, 0) is 16.1 Å². The van der Waals surface area contributed by atoms with Crippen LogP contribution in [0.2, 0.25) is 0 Å². The number of urea groups is 1. The molecule has 0 radical (unpaired) electrons. The molecule has 2 fully saturated rings. The number of carbonyl (C=O) groups is 3. The van der Waals surface area contributed by atoms with Crippen molar-refractivity contribution in [3.8, 4) is 16.9 Å². The molecule has 1 aliphatic heterocycles. The second kappa shape index (κ2) is 9.02. The number of carbonyl (C=O) groups excluding carboxylic acids is 3. The number of benzene rings is 2. The summed E-state index contributed by atoms with van der Waals surface area (Å²) in [6.45, 7) is 1.91. The minimum Gasteiger partial charge on any atom is -0.339 e. The van der Waals surface area contributed by atoms with Crippen LogP contribution in [-0.4, -0.2) is 56.1 Å². The molecule has 2 aromatic carbocycles. The average molecular weight is 472 g/mol. The molecule has 1 saturated carbocycles. The van der Waals surface area contributed by atoms with Gasteiger partial charge in [0.05, 0.1) is 11.4 Å². The molecule has 1 spiro atoms. The maximum atomic E-state index is 13.4. The highest BCUT2D eigenvalue weighted by Crippen LogP contribution is 2.36. The molecular weight excluding hydrogens is 442 g/mol. The van der Waals surface area contributed by atoms with E-state index < -0.39 is 17.6 Å². The molecule has 8 heteroatoms. The molecular formula is C27H29N5O3. The van der Waals surface area contributed by atoms with E-state index in [0.29, 0.717) is 12.8 Å². The van der Waals surface area contributed by atoms with Gasteiger partial charge in [0.1, 0.15) is 11.6 Å². The first-order chi connectivity index (χ1) is 16.9. The van der Waals surface area contributed by atoms with Crippen molar-refractivity contribution in [2.24, 2.45) is 0 Å². The molecule has 1 atom stereocenters.